The van der Waals surface area contributed by atoms with Crippen LogP contribution in [-0.4, -0.2) is 39.4 Å². The lowest BCUT2D eigenvalue weighted by Crippen LogP contribution is -2.27. The molecule has 246 valence electrons. The number of fused-ring (bicyclic) bond motifs is 3. The van der Waals surface area contributed by atoms with Crippen LogP contribution in [0.4, 0.5) is 17.1 Å². The van der Waals surface area contributed by atoms with E-state index in [2.05, 4.69) is 65.1 Å². The Bertz CT molecular complexity index is 2250. The molecule has 0 aromatic heterocycles. The van der Waals surface area contributed by atoms with Crippen molar-refractivity contribution in [1.29, 1.82) is 5.41 Å². The van der Waals surface area contributed by atoms with E-state index in [1.807, 2.05) is 91.0 Å². The van der Waals surface area contributed by atoms with Gasteiger partial charge in [-0.05, 0) is 92.7 Å². The van der Waals surface area contributed by atoms with E-state index in [-0.39, 0.29) is 17.1 Å². The van der Waals surface area contributed by atoms with E-state index in [4.69, 9.17) is 38.6 Å². The molecular weight excluding hydrogens is 675 g/mol. The topological polar surface area (TPSA) is 111 Å². The van der Waals surface area contributed by atoms with Crippen LogP contribution in [0.25, 0.3) is 28.1 Å². The van der Waals surface area contributed by atoms with Crippen molar-refractivity contribution in [1.82, 2.24) is 15.0 Å². The van der Waals surface area contributed by atoms with Crippen molar-refractivity contribution in [3.63, 3.8) is 0 Å². The lowest BCUT2D eigenvalue weighted by Gasteiger charge is -2.20. The lowest BCUT2D eigenvalue weighted by molar-refractivity contribution is -0.111. The quantitative estimate of drug-likeness (QED) is 0.0475. The second-order valence-corrected chi connectivity index (χ2v) is 12.7. The predicted octanol–water partition coefficient (Wildman–Crippen LogP) is 8.31. The number of carbonyl (C=O) groups excluding carboxylic acids is 1. The molecule has 2 heterocycles. The van der Waals surface area contributed by atoms with Crippen LogP contribution < -0.4 is 21.0 Å². The minimum atomic E-state index is -0.191. The third-order valence-corrected chi connectivity index (χ3v) is 8.21. The number of nitrogens with zero attached hydrogens (tertiary/aromatic N) is 5. The number of carbonyl (C=O) groups is 1. The zero-order valence-electron chi connectivity index (χ0n) is 26.8. The molecule has 0 atom stereocenters. The highest BCUT2D eigenvalue weighted by Gasteiger charge is 2.31. The highest BCUT2D eigenvalue weighted by molar-refractivity contribution is 7.96. The minimum absolute atomic E-state index is 0.104. The first-order chi connectivity index (χ1) is 23.6. The van der Waals surface area contributed by atoms with Gasteiger partial charge in [-0.15, -0.1) is 12.6 Å². The van der Waals surface area contributed by atoms with E-state index in [1.165, 1.54) is 4.90 Å². The minimum Gasteiger partial charge on any atom is -0.354 e. The number of thiol groups is 1. The Balaban J connectivity index is 0.000000218. The van der Waals surface area contributed by atoms with Gasteiger partial charge in [0, 0.05) is 40.1 Å². The number of para-hydroxylation sites is 3. The third kappa shape index (κ3) is 7.46. The number of aromatic nitrogens is 2. The van der Waals surface area contributed by atoms with Crippen molar-refractivity contribution >= 4 is 80.7 Å². The maximum atomic E-state index is 11.8. The number of nitrogens with one attached hydrogen (secondary N) is 3. The van der Waals surface area contributed by atoms with Gasteiger partial charge in [0.05, 0.1) is 39.2 Å². The number of amides is 1. The lowest BCUT2D eigenvalue weighted by atomic mass is 10.1. The summed E-state index contributed by atoms with van der Waals surface area (Å²) in [6.07, 6.45) is 0. The first kappa shape index (κ1) is 33.7. The van der Waals surface area contributed by atoms with Gasteiger partial charge in [-0.3, -0.25) is 20.6 Å². The molecule has 9 nitrogen and oxygen atoms in total. The zero-order valence-corrected chi connectivity index (χ0v) is 29.2. The van der Waals surface area contributed by atoms with Gasteiger partial charge in [0.1, 0.15) is 0 Å². The Morgan fingerprint density at radius 2 is 1.55 bits per heavy atom. The van der Waals surface area contributed by atoms with Crippen molar-refractivity contribution < 1.29 is 4.79 Å². The number of likely N-dealkylation sites (N-methyl/N-ethyl adjacent to an activating group) is 1. The molecule has 0 saturated carbocycles. The molecule has 0 spiro atoms. The molecule has 0 bridgehead atoms. The van der Waals surface area contributed by atoms with Crippen LogP contribution in [0.2, 0.25) is 10.0 Å². The molecule has 49 heavy (non-hydrogen) atoms. The Morgan fingerprint density at radius 1 is 0.898 bits per heavy atom. The smallest absolute Gasteiger partial charge is 0.279 e. The van der Waals surface area contributed by atoms with Crippen LogP contribution in [-0.2, 0) is 4.79 Å². The maximum Gasteiger partial charge on any atom is 0.279 e. The molecule has 4 aromatic carbocycles. The van der Waals surface area contributed by atoms with Crippen molar-refractivity contribution in [2.75, 3.05) is 17.3 Å². The highest BCUT2D eigenvalue weighted by atomic mass is 35.5. The van der Waals surface area contributed by atoms with E-state index in [0.717, 1.165) is 56.1 Å². The molecule has 2 aliphatic heterocycles. The fourth-order valence-electron chi connectivity index (χ4n) is 5.45. The van der Waals surface area contributed by atoms with E-state index in [1.54, 1.807) is 7.05 Å². The van der Waals surface area contributed by atoms with Crippen molar-refractivity contribution in [2.45, 2.75) is 19.9 Å². The van der Waals surface area contributed by atoms with Crippen LogP contribution in [0.1, 0.15) is 19.4 Å². The molecule has 7 rings (SSSR count). The molecular formula is C37H32Cl2N8OS. The summed E-state index contributed by atoms with van der Waals surface area (Å²) in [5, 5.41) is 16.6. The number of benzene rings is 5. The van der Waals surface area contributed by atoms with Crippen molar-refractivity contribution in [3.05, 3.63) is 130 Å². The molecule has 12 heteroatoms. The summed E-state index contributed by atoms with van der Waals surface area (Å²) in [5.41, 5.74) is 10.8. The predicted molar refractivity (Wildman–Crippen MR) is 204 cm³/mol. The fourth-order valence-corrected chi connectivity index (χ4v) is 5.75. The standard InChI is InChI=1S/C27H22Cl2N4.C10H10N4OS/c1-17(2)30-24-16-27-25(15-23(24)31-20-11-7-18(28)8-12-20)32-22-5-3-4-6-26(22)33(27)21-13-9-19(29)10-14-21;1-14-7-5-3-2-4-6(7)8(9(14)15)12-13-10(11)16/h3-17,31H,1-2H3;2-5H,1H3,(H3,11,13,16)/b30-24+;12-8-. The summed E-state index contributed by atoms with van der Waals surface area (Å²) < 4.78 is 2.21. The summed E-state index contributed by atoms with van der Waals surface area (Å²) in [6, 6.07) is 35.3. The first-order valence-electron chi connectivity index (χ1n) is 15.4. The van der Waals surface area contributed by atoms with Crippen LogP contribution >= 0.6 is 35.8 Å². The molecule has 3 N–H and O–H groups in total. The van der Waals surface area contributed by atoms with Crippen LogP contribution in [0.15, 0.2) is 119 Å². The van der Waals surface area contributed by atoms with Crippen molar-refractivity contribution in [3.8, 4) is 17.1 Å². The Morgan fingerprint density at radius 3 is 2.24 bits per heavy atom. The normalized spacial score (nSPS) is 13.5. The second kappa shape index (κ2) is 14.5. The van der Waals surface area contributed by atoms with E-state index < -0.39 is 0 Å². The van der Waals surface area contributed by atoms with Crippen LogP contribution in [0.3, 0.4) is 0 Å². The van der Waals surface area contributed by atoms with E-state index in [0.29, 0.717) is 15.8 Å². The van der Waals surface area contributed by atoms with Crippen LogP contribution in [0, 0.1) is 5.41 Å². The number of amidine groups is 1. The van der Waals surface area contributed by atoms with Gasteiger partial charge < -0.3 is 14.8 Å². The monoisotopic (exact) mass is 706 g/mol. The molecule has 3 aliphatic rings. The third-order valence-electron chi connectivity index (χ3n) is 7.60. The number of anilines is 3. The highest BCUT2D eigenvalue weighted by Crippen LogP contribution is 2.31. The molecule has 0 radical (unpaired) electrons. The Kier molecular flexibility index (Phi) is 10.0. The summed E-state index contributed by atoms with van der Waals surface area (Å²) in [6.45, 7) is 4.14. The summed E-state index contributed by atoms with van der Waals surface area (Å²) in [5.74, 6) is -0.191. The largest absolute Gasteiger partial charge is 0.354 e. The molecule has 1 aliphatic carbocycles. The molecule has 0 unspecified atom stereocenters. The van der Waals surface area contributed by atoms with Gasteiger partial charge in [0.25, 0.3) is 5.91 Å². The van der Waals surface area contributed by atoms with Crippen LogP contribution in [0.5, 0.6) is 0 Å². The van der Waals surface area contributed by atoms with Crippen molar-refractivity contribution in [2.24, 2.45) is 10.1 Å². The van der Waals surface area contributed by atoms with Gasteiger partial charge in [0.15, 0.2) is 10.9 Å². The van der Waals surface area contributed by atoms with E-state index >= 15 is 0 Å². The van der Waals surface area contributed by atoms with Gasteiger partial charge in [-0.2, -0.15) is 5.10 Å². The van der Waals surface area contributed by atoms with E-state index in [9.17, 15) is 4.79 Å². The SMILES string of the molecule is CC(C)/N=c1\cc2n(-c3ccc(Cl)cc3)c3ccccc3nc-2cc1Nc1ccc(Cl)cc1.CN1C(=O)/C(=N\NC(=N)S)c2ccccc21. The maximum absolute atomic E-state index is 11.8. The molecule has 1 amide bonds. The molecule has 0 saturated heterocycles. The average Bonchev–Trinajstić information content (AvgIpc) is 3.33. The van der Waals surface area contributed by atoms with Gasteiger partial charge >= 0.3 is 0 Å². The Labute approximate surface area is 299 Å². The fraction of sp³-hybridized carbons (Fsp3) is 0.108. The summed E-state index contributed by atoms with van der Waals surface area (Å²) >= 11 is 16.0. The Hall–Kier alpha value is -5.16. The molecule has 0 fully saturated rings. The number of hydrogen-bond donors (Lipinski definition) is 4. The second-order valence-electron chi connectivity index (χ2n) is 11.4. The van der Waals surface area contributed by atoms with Gasteiger partial charge in [-0.1, -0.05) is 53.5 Å². The summed E-state index contributed by atoms with van der Waals surface area (Å²) in [7, 11) is 1.69. The van der Waals surface area contributed by atoms with Gasteiger partial charge in [0.2, 0.25) is 0 Å². The molecule has 4 aromatic rings. The summed E-state index contributed by atoms with van der Waals surface area (Å²) in [4.78, 5) is 23.2. The van der Waals surface area contributed by atoms with Gasteiger partial charge in [-0.25, -0.2) is 4.98 Å². The number of hydrogen-bond acceptors (Lipinski definition) is 6. The first-order valence-corrected chi connectivity index (χ1v) is 16.6. The average molecular weight is 708 g/mol. The number of halogens is 2. The number of hydrazone groups is 1. The number of rotatable bonds is 5. The zero-order chi connectivity index (χ0) is 34.7.